The van der Waals surface area contributed by atoms with Crippen LogP contribution in [0.2, 0.25) is 0 Å². The highest BCUT2D eigenvalue weighted by molar-refractivity contribution is 7.10. The van der Waals surface area contributed by atoms with Gasteiger partial charge in [-0.05, 0) is 36.1 Å². The van der Waals surface area contributed by atoms with Crippen LogP contribution in [0.15, 0.2) is 41.8 Å². The van der Waals surface area contributed by atoms with E-state index in [9.17, 15) is 0 Å². The first-order chi connectivity index (χ1) is 9.31. The minimum absolute atomic E-state index is 0.0284. The van der Waals surface area contributed by atoms with Gasteiger partial charge in [0.1, 0.15) is 18.5 Å². The van der Waals surface area contributed by atoms with E-state index in [-0.39, 0.29) is 6.10 Å². The molecule has 0 fully saturated rings. The summed E-state index contributed by atoms with van der Waals surface area (Å²) >= 11 is 1.69. The molecule has 0 aliphatic carbocycles. The summed E-state index contributed by atoms with van der Waals surface area (Å²) in [7, 11) is 0. The zero-order valence-electron chi connectivity index (χ0n) is 11.0. The topological polar surface area (TPSA) is 44.5 Å². The Balaban J connectivity index is 1.77. The largest absolute Gasteiger partial charge is 0.491 e. The van der Waals surface area contributed by atoms with Crippen molar-refractivity contribution in [3.8, 4) is 5.75 Å². The number of hydrogen-bond acceptors (Lipinski definition) is 4. The summed E-state index contributed by atoms with van der Waals surface area (Å²) < 4.78 is 11.4. The van der Waals surface area contributed by atoms with E-state index in [1.165, 1.54) is 10.4 Å². The number of aryl methyl sites for hydroxylation is 1. The van der Waals surface area contributed by atoms with Crippen LogP contribution in [0.5, 0.6) is 5.75 Å². The van der Waals surface area contributed by atoms with Crippen LogP contribution in [-0.4, -0.2) is 19.8 Å². The molecule has 0 saturated heterocycles. The first-order valence-corrected chi connectivity index (χ1v) is 7.22. The van der Waals surface area contributed by atoms with Crippen molar-refractivity contribution >= 4 is 11.3 Å². The maximum absolute atomic E-state index is 5.80. The van der Waals surface area contributed by atoms with Gasteiger partial charge in [-0.1, -0.05) is 18.2 Å². The van der Waals surface area contributed by atoms with E-state index in [1.54, 1.807) is 11.3 Å². The van der Waals surface area contributed by atoms with Gasteiger partial charge in [0.25, 0.3) is 0 Å². The number of benzene rings is 1. The molecule has 0 aliphatic rings. The highest BCUT2D eigenvalue weighted by Gasteiger charge is 2.13. The second-order valence-electron chi connectivity index (χ2n) is 4.22. The lowest BCUT2D eigenvalue weighted by atomic mass is 10.2. The van der Waals surface area contributed by atoms with Crippen molar-refractivity contribution in [1.29, 1.82) is 0 Å². The van der Waals surface area contributed by atoms with E-state index in [0.29, 0.717) is 19.8 Å². The van der Waals surface area contributed by atoms with Crippen molar-refractivity contribution in [3.63, 3.8) is 0 Å². The van der Waals surface area contributed by atoms with Gasteiger partial charge < -0.3 is 15.2 Å². The second kappa shape index (κ2) is 7.28. The third-order valence-electron chi connectivity index (χ3n) is 2.82. The van der Waals surface area contributed by atoms with Crippen LogP contribution in [0, 0.1) is 6.92 Å². The number of ether oxygens (including phenoxy) is 2. The SMILES string of the molecule is Cc1ccsc1C(CN)OCCOc1ccccc1. The number of rotatable bonds is 7. The summed E-state index contributed by atoms with van der Waals surface area (Å²) in [5, 5.41) is 2.07. The van der Waals surface area contributed by atoms with Crippen LogP contribution in [0.4, 0.5) is 0 Å². The molecule has 1 unspecified atom stereocenters. The summed E-state index contributed by atoms with van der Waals surface area (Å²) in [5.41, 5.74) is 7.01. The minimum Gasteiger partial charge on any atom is -0.491 e. The van der Waals surface area contributed by atoms with Gasteiger partial charge in [-0.3, -0.25) is 0 Å². The third-order valence-corrected chi connectivity index (χ3v) is 3.93. The van der Waals surface area contributed by atoms with Crippen LogP contribution >= 0.6 is 11.3 Å². The number of thiophene rings is 1. The van der Waals surface area contributed by atoms with E-state index in [2.05, 4.69) is 18.4 Å². The van der Waals surface area contributed by atoms with Crippen molar-refractivity contribution in [3.05, 3.63) is 52.2 Å². The molecule has 19 heavy (non-hydrogen) atoms. The zero-order valence-corrected chi connectivity index (χ0v) is 11.9. The molecule has 4 heteroatoms. The Morgan fingerprint density at radius 1 is 1.16 bits per heavy atom. The molecule has 0 saturated carbocycles. The zero-order chi connectivity index (χ0) is 13.5. The Morgan fingerprint density at radius 3 is 2.58 bits per heavy atom. The van der Waals surface area contributed by atoms with Crippen molar-refractivity contribution in [2.24, 2.45) is 5.73 Å². The number of nitrogens with two attached hydrogens (primary N) is 1. The molecule has 0 radical (unpaired) electrons. The normalized spacial score (nSPS) is 12.3. The molecule has 3 nitrogen and oxygen atoms in total. The second-order valence-corrected chi connectivity index (χ2v) is 5.17. The molecule has 0 spiro atoms. The van der Waals surface area contributed by atoms with Crippen LogP contribution in [0.25, 0.3) is 0 Å². The maximum atomic E-state index is 5.80. The molecule has 1 aromatic heterocycles. The molecule has 2 N–H and O–H groups in total. The van der Waals surface area contributed by atoms with Crippen LogP contribution < -0.4 is 10.5 Å². The lowest BCUT2D eigenvalue weighted by Gasteiger charge is -2.16. The quantitative estimate of drug-likeness (QED) is 0.791. The lowest BCUT2D eigenvalue weighted by molar-refractivity contribution is 0.0398. The predicted octanol–water partition coefficient (Wildman–Crippen LogP) is 3.15. The van der Waals surface area contributed by atoms with E-state index in [1.807, 2.05) is 30.3 Å². The molecule has 0 bridgehead atoms. The highest BCUT2D eigenvalue weighted by Crippen LogP contribution is 2.25. The summed E-state index contributed by atoms with van der Waals surface area (Å²) in [6.45, 7) is 3.64. The fraction of sp³-hybridized carbons (Fsp3) is 0.333. The van der Waals surface area contributed by atoms with Gasteiger partial charge >= 0.3 is 0 Å². The fourth-order valence-electron chi connectivity index (χ4n) is 1.83. The maximum Gasteiger partial charge on any atom is 0.119 e. The van der Waals surface area contributed by atoms with Gasteiger partial charge in [-0.25, -0.2) is 0 Å². The molecular weight excluding hydrogens is 258 g/mol. The molecule has 102 valence electrons. The van der Waals surface area contributed by atoms with Gasteiger partial charge in [0.15, 0.2) is 0 Å². The fourth-order valence-corrected chi connectivity index (χ4v) is 2.82. The van der Waals surface area contributed by atoms with E-state index in [0.717, 1.165) is 5.75 Å². The van der Waals surface area contributed by atoms with Crippen LogP contribution in [0.3, 0.4) is 0 Å². The molecule has 0 aliphatic heterocycles. The molecule has 1 heterocycles. The van der Waals surface area contributed by atoms with Crippen molar-refractivity contribution in [1.82, 2.24) is 0 Å². The predicted molar refractivity (Wildman–Crippen MR) is 78.7 cm³/mol. The van der Waals surface area contributed by atoms with Gasteiger partial charge in [-0.2, -0.15) is 0 Å². The molecule has 2 rings (SSSR count). The smallest absolute Gasteiger partial charge is 0.119 e. The minimum atomic E-state index is -0.0284. The van der Waals surface area contributed by atoms with Crippen molar-refractivity contribution in [2.45, 2.75) is 13.0 Å². The number of para-hydroxylation sites is 1. The first-order valence-electron chi connectivity index (χ1n) is 6.34. The van der Waals surface area contributed by atoms with Crippen molar-refractivity contribution < 1.29 is 9.47 Å². The molecule has 1 atom stereocenters. The molecular formula is C15H19NO2S. The Morgan fingerprint density at radius 2 is 1.95 bits per heavy atom. The van der Waals surface area contributed by atoms with E-state index < -0.39 is 0 Å². The summed E-state index contributed by atoms with van der Waals surface area (Å²) in [4.78, 5) is 1.21. The van der Waals surface area contributed by atoms with E-state index in [4.69, 9.17) is 15.2 Å². The Bertz CT molecular complexity index is 484. The standard InChI is InChI=1S/C15H19NO2S/c1-12-7-10-19-15(12)14(11-16)18-9-8-17-13-5-3-2-4-6-13/h2-7,10,14H,8-9,11,16H2,1H3. The van der Waals surface area contributed by atoms with Gasteiger partial charge in [0.05, 0.1) is 6.61 Å². The lowest BCUT2D eigenvalue weighted by Crippen LogP contribution is -2.18. The summed E-state index contributed by atoms with van der Waals surface area (Å²) in [5.74, 6) is 0.864. The first kappa shape index (κ1) is 14.1. The Kier molecular flexibility index (Phi) is 5.39. The monoisotopic (exact) mass is 277 g/mol. The summed E-state index contributed by atoms with van der Waals surface area (Å²) in [6, 6.07) is 11.8. The molecule has 0 amide bonds. The molecule has 1 aromatic carbocycles. The Labute approximate surface area is 118 Å². The summed E-state index contributed by atoms with van der Waals surface area (Å²) in [6.07, 6.45) is -0.0284. The number of hydrogen-bond donors (Lipinski definition) is 1. The van der Waals surface area contributed by atoms with E-state index >= 15 is 0 Å². The average molecular weight is 277 g/mol. The van der Waals surface area contributed by atoms with Crippen LogP contribution in [0.1, 0.15) is 16.5 Å². The van der Waals surface area contributed by atoms with Gasteiger partial charge in [0.2, 0.25) is 0 Å². The highest BCUT2D eigenvalue weighted by atomic mass is 32.1. The van der Waals surface area contributed by atoms with Gasteiger partial charge in [0, 0.05) is 11.4 Å². The van der Waals surface area contributed by atoms with Gasteiger partial charge in [-0.15, -0.1) is 11.3 Å². The Hall–Kier alpha value is -1.36. The molecule has 2 aromatic rings. The average Bonchev–Trinajstić information content (AvgIpc) is 2.86. The van der Waals surface area contributed by atoms with Crippen LogP contribution in [-0.2, 0) is 4.74 Å². The third kappa shape index (κ3) is 4.06. The van der Waals surface area contributed by atoms with Crippen molar-refractivity contribution in [2.75, 3.05) is 19.8 Å².